The molecule has 1 aromatic rings. The largest absolute Gasteiger partial charge is 0.504 e. The van der Waals surface area contributed by atoms with Gasteiger partial charge in [0.2, 0.25) is 0 Å². The van der Waals surface area contributed by atoms with Crippen molar-refractivity contribution in [1.29, 1.82) is 0 Å². The summed E-state index contributed by atoms with van der Waals surface area (Å²) in [6, 6.07) is 4.41. The molecule has 104 valence electrons. The molecule has 2 rings (SSSR count). The van der Waals surface area contributed by atoms with Crippen molar-refractivity contribution in [3.05, 3.63) is 23.8 Å². The first-order valence-electron chi connectivity index (χ1n) is 5.75. The number of aldehydes is 1. The van der Waals surface area contributed by atoms with E-state index in [0.717, 1.165) is 6.42 Å². The molecule has 0 saturated carbocycles. The number of aromatic hydroxyl groups is 1. The van der Waals surface area contributed by atoms with Crippen LogP contribution in [0.5, 0.6) is 11.5 Å². The van der Waals surface area contributed by atoms with Crippen LogP contribution in [0.2, 0.25) is 0 Å². The Kier molecular flexibility index (Phi) is 5.81. The van der Waals surface area contributed by atoms with Crippen LogP contribution in [0.4, 0.5) is 0 Å². The minimum absolute atomic E-state index is 0.0399. The van der Waals surface area contributed by atoms with E-state index in [4.69, 9.17) is 19.7 Å². The average Bonchev–Trinajstić information content (AvgIpc) is 2.94. The maximum atomic E-state index is 10.2. The van der Waals surface area contributed by atoms with Crippen LogP contribution >= 0.6 is 0 Å². The lowest BCUT2D eigenvalue weighted by Crippen LogP contribution is -2.17. The van der Waals surface area contributed by atoms with Gasteiger partial charge in [0.15, 0.2) is 17.6 Å². The average molecular weight is 268 g/mol. The van der Waals surface area contributed by atoms with Gasteiger partial charge in [-0.3, -0.25) is 4.79 Å². The zero-order valence-corrected chi connectivity index (χ0v) is 10.5. The Balaban J connectivity index is 0.000000200. The van der Waals surface area contributed by atoms with Crippen LogP contribution in [0.1, 0.15) is 23.2 Å². The van der Waals surface area contributed by atoms with E-state index in [-0.39, 0.29) is 5.75 Å². The Bertz CT molecular complexity index is 437. The lowest BCUT2D eigenvalue weighted by atomic mass is 10.2. The zero-order chi connectivity index (χ0) is 14.3. The van der Waals surface area contributed by atoms with Crippen molar-refractivity contribution in [2.75, 3.05) is 13.7 Å². The Morgan fingerprint density at radius 3 is 2.68 bits per heavy atom. The second-order valence-electron chi connectivity index (χ2n) is 3.89. The van der Waals surface area contributed by atoms with Gasteiger partial charge in [0.05, 0.1) is 7.11 Å². The fourth-order valence-electron chi connectivity index (χ4n) is 1.54. The summed E-state index contributed by atoms with van der Waals surface area (Å²) in [6.45, 7) is 0.608. The third-order valence-electron chi connectivity index (χ3n) is 2.54. The molecule has 1 aromatic carbocycles. The minimum Gasteiger partial charge on any atom is -0.504 e. The zero-order valence-electron chi connectivity index (χ0n) is 10.5. The molecule has 1 aliphatic rings. The van der Waals surface area contributed by atoms with Crippen molar-refractivity contribution in [3.8, 4) is 11.5 Å². The summed E-state index contributed by atoms with van der Waals surface area (Å²) in [6.07, 6.45) is 1.74. The number of carboxylic acid groups (broad SMARTS) is 1. The van der Waals surface area contributed by atoms with Crippen LogP contribution in [0, 0.1) is 0 Å². The second kappa shape index (κ2) is 7.38. The number of hydrogen-bond donors (Lipinski definition) is 2. The van der Waals surface area contributed by atoms with Crippen molar-refractivity contribution in [2.45, 2.75) is 18.9 Å². The fraction of sp³-hybridized carbons (Fsp3) is 0.385. The van der Waals surface area contributed by atoms with Gasteiger partial charge in [0, 0.05) is 12.2 Å². The van der Waals surface area contributed by atoms with E-state index in [0.29, 0.717) is 30.6 Å². The number of rotatable bonds is 3. The lowest BCUT2D eigenvalue weighted by molar-refractivity contribution is -0.147. The summed E-state index contributed by atoms with van der Waals surface area (Å²) in [4.78, 5) is 20.3. The van der Waals surface area contributed by atoms with Crippen LogP contribution < -0.4 is 4.74 Å². The van der Waals surface area contributed by atoms with Crippen LogP contribution in [0.25, 0.3) is 0 Å². The van der Waals surface area contributed by atoms with E-state index < -0.39 is 12.1 Å². The highest BCUT2D eigenvalue weighted by Crippen LogP contribution is 2.25. The third-order valence-corrected chi connectivity index (χ3v) is 2.54. The van der Waals surface area contributed by atoms with E-state index in [9.17, 15) is 9.59 Å². The molecule has 1 atom stereocenters. The summed E-state index contributed by atoms with van der Waals surface area (Å²) in [5.41, 5.74) is 0.486. The predicted molar refractivity (Wildman–Crippen MR) is 66.7 cm³/mol. The van der Waals surface area contributed by atoms with Crippen LogP contribution in [-0.4, -0.2) is 42.3 Å². The number of methoxy groups -OCH3 is 1. The maximum Gasteiger partial charge on any atom is 0.332 e. The van der Waals surface area contributed by atoms with E-state index in [1.54, 1.807) is 0 Å². The number of aliphatic carboxylic acids is 1. The highest BCUT2D eigenvalue weighted by Gasteiger charge is 2.21. The molecule has 1 saturated heterocycles. The molecule has 1 unspecified atom stereocenters. The number of phenolic OH excluding ortho intramolecular Hbond substituents is 1. The highest BCUT2D eigenvalue weighted by molar-refractivity contribution is 5.76. The molecule has 0 radical (unpaired) electrons. The van der Waals surface area contributed by atoms with Gasteiger partial charge in [0.25, 0.3) is 0 Å². The van der Waals surface area contributed by atoms with Gasteiger partial charge < -0.3 is 19.7 Å². The molecule has 1 aliphatic heterocycles. The van der Waals surface area contributed by atoms with Crippen LogP contribution in [-0.2, 0) is 9.53 Å². The number of carboxylic acids is 1. The van der Waals surface area contributed by atoms with Gasteiger partial charge in [-0.2, -0.15) is 0 Å². The van der Waals surface area contributed by atoms with Gasteiger partial charge in [-0.05, 0) is 31.0 Å². The molecule has 0 spiro atoms. The molecule has 0 amide bonds. The van der Waals surface area contributed by atoms with E-state index in [1.807, 2.05) is 0 Å². The second-order valence-corrected chi connectivity index (χ2v) is 3.89. The monoisotopic (exact) mass is 268 g/mol. The summed E-state index contributed by atoms with van der Waals surface area (Å²) in [5.74, 6) is -0.477. The molecule has 1 heterocycles. The predicted octanol–water partition coefficient (Wildman–Crippen LogP) is 1.46. The number of carbonyl (C=O) groups is 2. The first-order chi connectivity index (χ1) is 9.08. The van der Waals surface area contributed by atoms with Crippen molar-refractivity contribution >= 4 is 12.3 Å². The molecule has 19 heavy (non-hydrogen) atoms. The van der Waals surface area contributed by atoms with Crippen LogP contribution in [0.15, 0.2) is 18.2 Å². The highest BCUT2D eigenvalue weighted by atomic mass is 16.5. The number of phenols is 1. The fourth-order valence-corrected chi connectivity index (χ4v) is 1.54. The third kappa shape index (κ3) is 4.59. The first-order valence-corrected chi connectivity index (χ1v) is 5.75. The SMILES string of the molecule is COc1cc(C=O)ccc1O.O=C(O)C1CCCO1. The molecular formula is C13H16O6. The first kappa shape index (κ1) is 15.0. The number of benzene rings is 1. The Hall–Kier alpha value is -2.08. The van der Waals surface area contributed by atoms with Crippen LogP contribution in [0.3, 0.4) is 0 Å². The molecule has 0 aromatic heterocycles. The van der Waals surface area contributed by atoms with Crippen molar-refractivity contribution in [3.63, 3.8) is 0 Å². The number of hydrogen-bond acceptors (Lipinski definition) is 5. The normalized spacial score (nSPS) is 17.2. The van der Waals surface area contributed by atoms with Gasteiger partial charge in [-0.25, -0.2) is 4.79 Å². The van der Waals surface area contributed by atoms with Gasteiger partial charge in [-0.1, -0.05) is 0 Å². The van der Waals surface area contributed by atoms with Crippen molar-refractivity contribution in [2.24, 2.45) is 0 Å². The molecule has 2 N–H and O–H groups in total. The Morgan fingerprint density at radius 1 is 1.53 bits per heavy atom. The quantitative estimate of drug-likeness (QED) is 0.806. The summed E-state index contributed by atoms with van der Waals surface area (Å²) in [7, 11) is 1.43. The van der Waals surface area contributed by atoms with E-state index in [2.05, 4.69) is 0 Å². The summed E-state index contributed by atoms with van der Waals surface area (Å²) in [5, 5.41) is 17.4. The van der Waals surface area contributed by atoms with E-state index >= 15 is 0 Å². The summed E-state index contributed by atoms with van der Waals surface area (Å²) >= 11 is 0. The smallest absolute Gasteiger partial charge is 0.332 e. The standard InChI is InChI=1S/C8H8O3.C5H8O3/c1-11-8-4-6(5-9)2-3-7(8)10;6-5(7)4-2-1-3-8-4/h2-5,10H,1H3;4H,1-3H2,(H,6,7). The van der Waals surface area contributed by atoms with Gasteiger partial charge in [-0.15, -0.1) is 0 Å². The van der Waals surface area contributed by atoms with Gasteiger partial charge in [0.1, 0.15) is 6.29 Å². The van der Waals surface area contributed by atoms with Gasteiger partial charge >= 0.3 is 5.97 Å². The lowest BCUT2D eigenvalue weighted by Gasteiger charge is -2.01. The molecule has 6 nitrogen and oxygen atoms in total. The Labute approximate surface area is 110 Å². The number of carbonyl (C=O) groups excluding carboxylic acids is 1. The molecule has 0 aliphatic carbocycles. The summed E-state index contributed by atoms with van der Waals surface area (Å²) < 4.78 is 9.59. The van der Waals surface area contributed by atoms with Crippen molar-refractivity contribution < 1.29 is 29.3 Å². The number of ether oxygens (including phenoxy) is 2. The molecule has 1 fully saturated rings. The molecule has 6 heteroatoms. The topological polar surface area (TPSA) is 93.1 Å². The minimum atomic E-state index is -0.831. The van der Waals surface area contributed by atoms with Crippen molar-refractivity contribution in [1.82, 2.24) is 0 Å². The maximum absolute atomic E-state index is 10.2. The van der Waals surface area contributed by atoms with E-state index in [1.165, 1.54) is 25.3 Å². The Morgan fingerprint density at radius 2 is 2.26 bits per heavy atom. The molecule has 0 bridgehead atoms. The molecular weight excluding hydrogens is 252 g/mol.